The molecule has 0 aliphatic rings. The van der Waals surface area contributed by atoms with Gasteiger partial charge in [0.1, 0.15) is 5.60 Å². The van der Waals surface area contributed by atoms with Gasteiger partial charge in [0.15, 0.2) is 0 Å². The number of aryl methyl sites for hydroxylation is 1. The van der Waals surface area contributed by atoms with Gasteiger partial charge >= 0.3 is 0 Å². The van der Waals surface area contributed by atoms with Gasteiger partial charge in [0.05, 0.1) is 5.69 Å². The average Bonchev–Trinajstić information content (AvgIpc) is 1.94. The summed E-state index contributed by atoms with van der Waals surface area (Å²) in [5.41, 5.74) is 0.759. The highest BCUT2D eigenvalue weighted by molar-refractivity contribution is 9.10. The summed E-state index contributed by atoms with van der Waals surface area (Å²) in [6.45, 7) is 7.96. The number of hydrogen-bond donors (Lipinski definition) is 0. The Hall–Kier alpha value is -0.570. The molecule has 0 aliphatic carbocycles. The Kier molecular flexibility index (Phi) is 2.96. The van der Waals surface area contributed by atoms with Gasteiger partial charge < -0.3 is 4.74 Å². The third-order valence-electron chi connectivity index (χ3n) is 1.41. The van der Waals surface area contributed by atoms with Crippen LogP contribution in [0.3, 0.4) is 0 Å². The first-order valence-electron chi connectivity index (χ1n) is 4.21. The van der Waals surface area contributed by atoms with Crippen molar-refractivity contribution in [1.82, 2.24) is 4.98 Å². The zero-order valence-electron chi connectivity index (χ0n) is 8.39. The minimum Gasteiger partial charge on any atom is -0.472 e. The molecule has 0 aliphatic heterocycles. The molecule has 1 heterocycles. The van der Waals surface area contributed by atoms with Gasteiger partial charge in [-0.2, -0.15) is 0 Å². The number of rotatable bonds is 1. The van der Waals surface area contributed by atoms with Crippen molar-refractivity contribution >= 4 is 15.9 Å². The minimum absolute atomic E-state index is 0.187. The van der Waals surface area contributed by atoms with Crippen LogP contribution in [0.5, 0.6) is 5.88 Å². The van der Waals surface area contributed by atoms with Crippen molar-refractivity contribution in [3.05, 3.63) is 22.3 Å². The Morgan fingerprint density at radius 1 is 1.31 bits per heavy atom. The summed E-state index contributed by atoms with van der Waals surface area (Å²) in [7, 11) is 0. The number of hydrogen-bond acceptors (Lipinski definition) is 2. The van der Waals surface area contributed by atoms with Crippen molar-refractivity contribution in [1.29, 1.82) is 0 Å². The number of halogens is 1. The summed E-state index contributed by atoms with van der Waals surface area (Å²) >= 11 is 3.39. The first-order valence-corrected chi connectivity index (χ1v) is 5.00. The van der Waals surface area contributed by atoms with Crippen LogP contribution in [0.2, 0.25) is 0 Å². The SMILES string of the molecule is Cc1nc(OC(C)(C)C)ccc1Br. The van der Waals surface area contributed by atoms with Crippen molar-refractivity contribution in [2.24, 2.45) is 0 Å². The average molecular weight is 244 g/mol. The van der Waals surface area contributed by atoms with E-state index in [0.29, 0.717) is 5.88 Å². The van der Waals surface area contributed by atoms with E-state index in [-0.39, 0.29) is 5.60 Å². The molecule has 1 aromatic rings. The third-order valence-corrected chi connectivity index (χ3v) is 2.24. The standard InChI is InChI=1S/C10H14BrNO/c1-7-8(11)5-6-9(12-7)13-10(2,3)4/h5-6H,1-4H3. The summed E-state index contributed by atoms with van der Waals surface area (Å²) in [6.07, 6.45) is 0. The second kappa shape index (κ2) is 3.66. The largest absolute Gasteiger partial charge is 0.472 e. The van der Waals surface area contributed by atoms with Crippen LogP contribution in [0.1, 0.15) is 26.5 Å². The van der Waals surface area contributed by atoms with Crippen molar-refractivity contribution in [2.45, 2.75) is 33.3 Å². The second-order valence-electron chi connectivity index (χ2n) is 3.93. The molecular formula is C10H14BrNO. The summed E-state index contributed by atoms with van der Waals surface area (Å²) in [6, 6.07) is 3.81. The molecule has 1 rings (SSSR count). The van der Waals surface area contributed by atoms with Gasteiger partial charge in [-0.1, -0.05) is 0 Å². The smallest absolute Gasteiger partial charge is 0.214 e. The Morgan fingerprint density at radius 3 is 2.38 bits per heavy atom. The molecule has 1 aromatic heterocycles. The molecular weight excluding hydrogens is 230 g/mol. The molecule has 0 saturated heterocycles. The molecule has 0 spiro atoms. The van der Waals surface area contributed by atoms with Crippen LogP contribution in [-0.4, -0.2) is 10.6 Å². The molecule has 0 amide bonds. The van der Waals surface area contributed by atoms with Crippen LogP contribution in [0.25, 0.3) is 0 Å². The lowest BCUT2D eigenvalue weighted by atomic mass is 10.2. The second-order valence-corrected chi connectivity index (χ2v) is 4.79. The monoisotopic (exact) mass is 243 g/mol. The predicted octanol–water partition coefficient (Wildman–Crippen LogP) is 3.33. The van der Waals surface area contributed by atoms with Gasteiger partial charge in [0.25, 0.3) is 0 Å². The molecule has 72 valence electrons. The van der Waals surface area contributed by atoms with Gasteiger partial charge in [0, 0.05) is 10.5 Å². The molecule has 3 heteroatoms. The number of pyridine rings is 1. The van der Waals surface area contributed by atoms with Gasteiger partial charge in [-0.25, -0.2) is 4.98 Å². The maximum Gasteiger partial charge on any atom is 0.214 e. The van der Waals surface area contributed by atoms with E-state index in [1.165, 1.54) is 0 Å². The van der Waals surface area contributed by atoms with Crippen molar-refractivity contribution < 1.29 is 4.74 Å². The van der Waals surface area contributed by atoms with E-state index in [0.717, 1.165) is 10.2 Å². The summed E-state index contributed by atoms with van der Waals surface area (Å²) in [5, 5.41) is 0. The Morgan fingerprint density at radius 2 is 1.92 bits per heavy atom. The molecule has 0 N–H and O–H groups in total. The topological polar surface area (TPSA) is 22.1 Å². The quantitative estimate of drug-likeness (QED) is 0.755. The fraction of sp³-hybridized carbons (Fsp3) is 0.500. The van der Waals surface area contributed by atoms with Crippen molar-refractivity contribution in [3.63, 3.8) is 0 Å². The fourth-order valence-electron chi connectivity index (χ4n) is 0.892. The Balaban J connectivity index is 2.86. The zero-order chi connectivity index (χ0) is 10.1. The lowest BCUT2D eigenvalue weighted by Gasteiger charge is -2.20. The van der Waals surface area contributed by atoms with Crippen LogP contribution < -0.4 is 4.74 Å². The van der Waals surface area contributed by atoms with E-state index in [9.17, 15) is 0 Å². The third kappa shape index (κ3) is 3.35. The number of aromatic nitrogens is 1. The predicted molar refractivity (Wildman–Crippen MR) is 57.1 cm³/mol. The van der Waals surface area contributed by atoms with E-state index in [1.807, 2.05) is 39.8 Å². The highest BCUT2D eigenvalue weighted by Gasteiger charge is 2.12. The maximum atomic E-state index is 5.61. The Bertz CT molecular complexity index is 304. The first-order chi connectivity index (χ1) is 5.88. The van der Waals surface area contributed by atoms with Crippen LogP contribution in [0.15, 0.2) is 16.6 Å². The molecule has 0 saturated carbocycles. The van der Waals surface area contributed by atoms with Crippen molar-refractivity contribution in [3.8, 4) is 5.88 Å². The van der Waals surface area contributed by atoms with Gasteiger partial charge in [-0.3, -0.25) is 0 Å². The fourth-order valence-corrected chi connectivity index (χ4v) is 1.11. The molecule has 13 heavy (non-hydrogen) atoms. The summed E-state index contributed by atoms with van der Waals surface area (Å²) in [4.78, 5) is 4.29. The first kappa shape index (κ1) is 10.5. The number of nitrogens with zero attached hydrogens (tertiary/aromatic N) is 1. The molecule has 0 atom stereocenters. The van der Waals surface area contributed by atoms with E-state index in [1.54, 1.807) is 0 Å². The highest BCUT2D eigenvalue weighted by atomic mass is 79.9. The molecule has 0 radical (unpaired) electrons. The minimum atomic E-state index is -0.187. The molecule has 0 unspecified atom stereocenters. The molecule has 2 nitrogen and oxygen atoms in total. The molecule has 0 fully saturated rings. The van der Waals surface area contributed by atoms with Crippen LogP contribution in [-0.2, 0) is 0 Å². The van der Waals surface area contributed by atoms with Crippen LogP contribution in [0, 0.1) is 6.92 Å². The van der Waals surface area contributed by atoms with Crippen LogP contribution in [0.4, 0.5) is 0 Å². The normalized spacial score (nSPS) is 11.5. The van der Waals surface area contributed by atoms with E-state index in [2.05, 4.69) is 20.9 Å². The van der Waals surface area contributed by atoms with Gasteiger partial charge in [-0.05, 0) is 49.7 Å². The van der Waals surface area contributed by atoms with E-state index < -0.39 is 0 Å². The zero-order valence-corrected chi connectivity index (χ0v) is 9.97. The van der Waals surface area contributed by atoms with Gasteiger partial charge in [-0.15, -0.1) is 0 Å². The Labute approximate surface area is 87.5 Å². The maximum absolute atomic E-state index is 5.61. The van der Waals surface area contributed by atoms with E-state index >= 15 is 0 Å². The van der Waals surface area contributed by atoms with Crippen molar-refractivity contribution in [2.75, 3.05) is 0 Å². The molecule has 0 aromatic carbocycles. The van der Waals surface area contributed by atoms with Gasteiger partial charge in [0.2, 0.25) is 5.88 Å². The summed E-state index contributed by atoms with van der Waals surface area (Å²) in [5.74, 6) is 0.674. The van der Waals surface area contributed by atoms with Crippen LogP contribution >= 0.6 is 15.9 Å². The number of ether oxygens (including phenoxy) is 1. The lowest BCUT2D eigenvalue weighted by molar-refractivity contribution is 0.124. The highest BCUT2D eigenvalue weighted by Crippen LogP contribution is 2.20. The molecule has 0 bridgehead atoms. The lowest BCUT2D eigenvalue weighted by Crippen LogP contribution is -2.23. The van der Waals surface area contributed by atoms with E-state index in [4.69, 9.17) is 4.74 Å². The summed E-state index contributed by atoms with van der Waals surface area (Å²) < 4.78 is 6.61.